The monoisotopic (exact) mass is 515 g/mol. The summed E-state index contributed by atoms with van der Waals surface area (Å²) in [6, 6.07) is 13.4. The fourth-order valence-electron chi connectivity index (χ4n) is 6.09. The van der Waals surface area contributed by atoms with E-state index in [1.54, 1.807) is 18.3 Å². The maximum absolute atomic E-state index is 11.5. The Morgan fingerprint density at radius 2 is 1.76 bits per heavy atom. The van der Waals surface area contributed by atoms with Crippen molar-refractivity contribution in [1.29, 1.82) is 5.41 Å². The number of carbonyl (C=O) groups excluding carboxylic acids is 1. The zero-order valence-corrected chi connectivity index (χ0v) is 22.1. The van der Waals surface area contributed by atoms with Crippen molar-refractivity contribution < 1.29 is 4.79 Å². The third kappa shape index (κ3) is 4.88. The van der Waals surface area contributed by atoms with E-state index >= 15 is 0 Å². The van der Waals surface area contributed by atoms with E-state index < -0.39 is 5.91 Å². The summed E-state index contributed by atoms with van der Waals surface area (Å²) in [5, 5.41) is 8.98. The van der Waals surface area contributed by atoms with Gasteiger partial charge in [0.2, 0.25) is 5.91 Å². The van der Waals surface area contributed by atoms with Crippen molar-refractivity contribution in [2.45, 2.75) is 57.4 Å². The van der Waals surface area contributed by atoms with Crippen molar-refractivity contribution in [2.24, 2.45) is 5.73 Å². The first-order valence-corrected chi connectivity index (χ1v) is 13.5. The average Bonchev–Trinajstić information content (AvgIpc) is 3.38. The fraction of sp³-hybridized carbons (Fsp3) is 0.367. The Hall–Kier alpha value is -3.22. The van der Waals surface area contributed by atoms with Crippen LogP contribution in [-0.2, 0) is 12.8 Å². The summed E-state index contributed by atoms with van der Waals surface area (Å²) in [7, 11) is 0. The minimum atomic E-state index is -0.605. The molecule has 1 aliphatic carbocycles. The molecule has 37 heavy (non-hydrogen) atoms. The number of aryl methyl sites for hydroxylation is 2. The number of pyridine rings is 1. The predicted octanol–water partition coefficient (Wildman–Crippen LogP) is 5.62. The number of hydrogen-bond donors (Lipinski definition) is 3. The number of anilines is 1. The molecule has 1 amide bonds. The lowest BCUT2D eigenvalue weighted by molar-refractivity contribution is 0.0938. The van der Waals surface area contributed by atoms with Gasteiger partial charge in [-0.15, -0.1) is 0 Å². The van der Waals surface area contributed by atoms with Crippen molar-refractivity contribution in [3.05, 3.63) is 81.5 Å². The van der Waals surface area contributed by atoms with Gasteiger partial charge in [-0.1, -0.05) is 42.8 Å². The molecule has 192 valence electrons. The van der Waals surface area contributed by atoms with Crippen molar-refractivity contribution in [3.63, 3.8) is 0 Å². The highest BCUT2D eigenvalue weighted by atomic mass is 35.5. The lowest BCUT2D eigenvalue weighted by Gasteiger charge is -2.41. The molecule has 6 nitrogen and oxygen atoms in total. The molecule has 5 N–H and O–H groups in total. The zero-order valence-electron chi connectivity index (χ0n) is 21.3. The molecule has 1 atom stereocenters. The molecular weight excluding hydrogens is 482 g/mol. The number of nitrogens with zero attached hydrogens (tertiary/aromatic N) is 2. The van der Waals surface area contributed by atoms with Gasteiger partial charge in [0.15, 0.2) is 0 Å². The molecule has 1 aliphatic heterocycles. The molecule has 0 radical (unpaired) electrons. The van der Waals surface area contributed by atoms with E-state index in [4.69, 9.17) is 28.5 Å². The third-order valence-electron chi connectivity index (χ3n) is 8.41. The van der Waals surface area contributed by atoms with Crippen molar-refractivity contribution in [3.8, 4) is 11.1 Å². The van der Waals surface area contributed by atoms with E-state index in [1.165, 1.54) is 62.4 Å². The first-order chi connectivity index (χ1) is 17.8. The molecule has 1 saturated heterocycles. The van der Waals surface area contributed by atoms with Crippen LogP contribution in [0.2, 0.25) is 5.02 Å². The number of hydrogen-bond acceptors (Lipinski definition) is 5. The summed E-state index contributed by atoms with van der Waals surface area (Å²) in [4.78, 5) is 18.7. The molecule has 0 spiro atoms. The maximum atomic E-state index is 11.5. The first kappa shape index (κ1) is 25.4. The number of aromatic nitrogens is 1. The summed E-state index contributed by atoms with van der Waals surface area (Å²) in [6.45, 7) is 4.82. The lowest BCUT2D eigenvalue weighted by Crippen LogP contribution is -2.47. The predicted molar refractivity (Wildman–Crippen MR) is 150 cm³/mol. The summed E-state index contributed by atoms with van der Waals surface area (Å²) in [5.74, 6) is -0.331. The Labute approximate surface area is 223 Å². The summed E-state index contributed by atoms with van der Waals surface area (Å²) < 4.78 is 0. The Kier molecular flexibility index (Phi) is 7.06. The molecule has 3 aromatic rings. The quantitative estimate of drug-likeness (QED) is 0.292. The standard InChI is InChI=1S/C30H34ClN5O/c1-2-30(36-13-3-4-14-36)11-9-19-5-6-20(15-21(19)10-12-30)23-16-25(28(33)35-18-23)27(32)22-7-8-24(29(34)37)26(31)17-22/h5-8,15-18,32H,2-4,9-14H2,1H3,(H2,33,35)(H2,34,37). The summed E-state index contributed by atoms with van der Waals surface area (Å²) in [6.07, 6.45) is 10.2. The van der Waals surface area contributed by atoms with Gasteiger partial charge in [-0.2, -0.15) is 0 Å². The minimum Gasteiger partial charge on any atom is -0.383 e. The van der Waals surface area contributed by atoms with Gasteiger partial charge in [0.25, 0.3) is 0 Å². The van der Waals surface area contributed by atoms with Gasteiger partial charge in [-0.05, 0) is 92.9 Å². The van der Waals surface area contributed by atoms with Crippen LogP contribution in [0.1, 0.15) is 71.6 Å². The van der Waals surface area contributed by atoms with Crippen LogP contribution >= 0.6 is 11.6 Å². The number of amides is 1. The van der Waals surface area contributed by atoms with Gasteiger partial charge in [-0.3, -0.25) is 15.1 Å². The number of carbonyl (C=O) groups is 1. The normalized spacial score (nSPS) is 19.8. The zero-order chi connectivity index (χ0) is 26.2. The van der Waals surface area contributed by atoms with Gasteiger partial charge in [-0.25, -0.2) is 4.98 Å². The van der Waals surface area contributed by atoms with Gasteiger partial charge < -0.3 is 11.5 Å². The number of nitrogen functional groups attached to an aromatic ring is 1. The molecule has 5 rings (SSSR count). The summed E-state index contributed by atoms with van der Waals surface area (Å²) >= 11 is 6.23. The highest BCUT2D eigenvalue weighted by Crippen LogP contribution is 2.38. The average molecular weight is 516 g/mol. The molecule has 0 bridgehead atoms. The van der Waals surface area contributed by atoms with Crippen LogP contribution in [-0.4, -0.2) is 40.1 Å². The maximum Gasteiger partial charge on any atom is 0.250 e. The Morgan fingerprint density at radius 1 is 1.03 bits per heavy atom. The largest absolute Gasteiger partial charge is 0.383 e. The van der Waals surface area contributed by atoms with Crippen molar-refractivity contribution in [2.75, 3.05) is 18.8 Å². The molecule has 1 fully saturated rings. The van der Waals surface area contributed by atoms with Crippen LogP contribution in [0.5, 0.6) is 0 Å². The lowest BCUT2D eigenvalue weighted by atomic mass is 9.85. The summed E-state index contributed by atoms with van der Waals surface area (Å²) in [5.41, 5.74) is 18.2. The SMILES string of the molecule is CCC1(N2CCCC2)CCc2ccc(-c3cnc(N)c(C(=N)c4ccc(C(N)=O)c(Cl)c4)c3)cc2CC1. The number of rotatable bonds is 6. The van der Waals surface area contributed by atoms with Crippen LogP contribution in [0.3, 0.4) is 0 Å². The van der Waals surface area contributed by atoms with Crippen LogP contribution in [0.25, 0.3) is 11.1 Å². The second-order valence-electron chi connectivity index (χ2n) is 10.3. The van der Waals surface area contributed by atoms with E-state index in [0.717, 1.165) is 24.0 Å². The molecule has 2 aliphatic rings. The van der Waals surface area contributed by atoms with Gasteiger partial charge >= 0.3 is 0 Å². The molecule has 2 aromatic carbocycles. The van der Waals surface area contributed by atoms with Gasteiger partial charge in [0.05, 0.1) is 16.3 Å². The number of nitrogens with two attached hydrogens (primary N) is 2. The minimum absolute atomic E-state index is 0.192. The highest BCUT2D eigenvalue weighted by Gasteiger charge is 2.37. The molecule has 0 saturated carbocycles. The van der Waals surface area contributed by atoms with E-state index in [-0.39, 0.29) is 22.1 Å². The molecule has 7 heteroatoms. The van der Waals surface area contributed by atoms with Crippen LogP contribution in [0.15, 0.2) is 48.7 Å². The number of nitrogens with one attached hydrogen (secondary N) is 1. The number of halogens is 1. The molecular formula is C30H34ClN5O. The van der Waals surface area contributed by atoms with Crippen LogP contribution in [0.4, 0.5) is 5.82 Å². The second-order valence-corrected chi connectivity index (χ2v) is 10.8. The Balaban J connectivity index is 1.43. The topological polar surface area (TPSA) is 109 Å². The number of primary amides is 1. The smallest absolute Gasteiger partial charge is 0.250 e. The molecule has 1 unspecified atom stereocenters. The third-order valence-corrected chi connectivity index (χ3v) is 8.72. The Bertz CT molecular complexity index is 1360. The van der Waals surface area contributed by atoms with Gasteiger partial charge in [0, 0.05) is 28.4 Å². The molecule has 1 aromatic heterocycles. The fourth-order valence-corrected chi connectivity index (χ4v) is 6.36. The van der Waals surface area contributed by atoms with E-state index in [9.17, 15) is 4.79 Å². The van der Waals surface area contributed by atoms with Gasteiger partial charge in [0.1, 0.15) is 5.82 Å². The number of likely N-dealkylation sites (tertiary alicyclic amines) is 1. The van der Waals surface area contributed by atoms with E-state index in [1.807, 2.05) is 6.07 Å². The Morgan fingerprint density at radius 3 is 2.43 bits per heavy atom. The van der Waals surface area contributed by atoms with E-state index in [0.29, 0.717) is 16.7 Å². The van der Waals surface area contributed by atoms with E-state index in [2.05, 4.69) is 35.0 Å². The second kappa shape index (κ2) is 10.3. The molecule has 2 heterocycles. The highest BCUT2D eigenvalue weighted by molar-refractivity contribution is 6.34. The van der Waals surface area contributed by atoms with Crippen molar-refractivity contribution in [1.82, 2.24) is 9.88 Å². The van der Waals surface area contributed by atoms with Crippen molar-refractivity contribution >= 4 is 29.0 Å². The van der Waals surface area contributed by atoms with Crippen LogP contribution in [0, 0.1) is 5.41 Å². The number of fused-ring (bicyclic) bond motifs is 1. The van der Waals surface area contributed by atoms with Crippen LogP contribution < -0.4 is 11.5 Å². The first-order valence-electron chi connectivity index (χ1n) is 13.1. The number of benzene rings is 2.